The molecule has 1 aromatic carbocycles. The third-order valence-corrected chi connectivity index (χ3v) is 4.82. The van der Waals surface area contributed by atoms with Gasteiger partial charge in [0.2, 0.25) is 11.8 Å². The molecule has 198 valence electrons. The minimum Gasteiger partial charge on any atom is -0.466 e. The number of ether oxygens (including phenoxy) is 2. The summed E-state index contributed by atoms with van der Waals surface area (Å²) < 4.78 is 10.1. The Morgan fingerprint density at radius 1 is 1.17 bits per heavy atom. The van der Waals surface area contributed by atoms with Gasteiger partial charge in [0.15, 0.2) is 0 Å². The topological polar surface area (TPSA) is 134 Å². The van der Waals surface area contributed by atoms with Crippen molar-refractivity contribution in [2.75, 3.05) is 26.3 Å². The third kappa shape index (κ3) is 9.58. The van der Waals surface area contributed by atoms with Crippen molar-refractivity contribution in [2.45, 2.75) is 65.1 Å². The van der Waals surface area contributed by atoms with Crippen molar-refractivity contribution in [3.8, 4) is 12.3 Å². The lowest BCUT2D eigenvalue weighted by Crippen LogP contribution is -2.54. The van der Waals surface area contributed by atoms with Gasteiger partial charge in [-0.05, 0) is 45.7 Å². The molecule has 0 saturated carbocycles. The van der Waals surface area contributed by atoms with Crippen LogP contribution in [0.2, 0.25) is 0 Å². The number of carbonyl (C=O) groups is 4. The van der Waals surface area contributed by atoms with E-state index in [1.807, 2.05) is 6.92 Å². The number of amides is 3. The summed E-state index contributed by atoms with van der Waals surface area (Å²) in [5, 5.41) is 14.9. The second kappa shape index (κ2) is 14.7. The van der Waals surface area contributed by atoms with E-state index in [0.717, 1.165) is 0 Å². The SMILES string of the molecule is C#Cc1ccccc1C(C(=O)NCCC(=O)OCC)N(CCC)C(=O)C(CO)NC(=O)OC(C)(C)C. The summed E-state index contributed by atoms with van der Waals surface area (Å²) in [5.41, 5.74) is -0.0226. The Balaban J connectivity index is 3.33. The molecular weight excluding hydrogens is 466 g/mol. The largest absolute Gasteiger partial charge is 0.466 e. The summed E-state index contributed by atoms with van der Waals surface area (Å²) in [6, 6.07) is 4.13. The predicted molar refractivity (Wildman–Crippen MR) is 134 cm³/mol. The van der Waals surface area contributed by atoms with Crippen molar-refractivity contribution in [3.05, 3.63) is 35.4 Å². The van der Waals surface area contributed by atoms with E-state index in [4.69, 9.17) is 15.9 Å². The minimum absolute atomic E-state index is 0.0138. The second-order valence-corrected chi connectivity index (χ2v) is 8.89. The van der Waals surface area contributed by atoms with Crippen LogP contribution >= 0.6 is 0 Å². The van der Waals surface area contributed by atoms with Crippen molar-refractivity contribution in [3.63, 3.8) is 0 Å². The summed E-state index contributed by atoms with van der Waals surface area (Å²) >= 11 is 0. The van der Waals surface area contributed by atoms with Crippen molar-refractivity contribution in [2.24, 2.45) is 0 Å². The Hall–Kier alpha value is -3.58. The highest BCUT2D eigenvalue weighted by molar-refractivity contribution is 5.92. The van der Waals surface area contributed by atoms with Gasteiger partial charge >= 0.3 is 12.1 Å². The molecule has 0 spiro atoms. The number of nitrogens with one attached hydrogen (secondary N) is 2. The zero-order valence-electron chi connectivity index (χ0n) is 21.6. The first-order valence-corrected chi connectivity index (χ1v) is 11.9. The lowest BCUT2D eigenvalue weighted by atomic mass is 9.97. The van der Waals surface area contributed by atoms with Gasteiger partial charge in [-0.3, -0.25) is 14.4 Å². The zero-order valence-corrected chi connectivity index (χ0v) is 21.6. The van der Waals surface area contributed by atoms with Crippen molar-refractivity contribution in [1.82, 2.24) is 15.5 Å². The van der Waals surface area contributed by atoms with Gasteiger partial charge in [-0.1, -0.05) is 31.0 Å². The Bertz CT molecular complexity index is 950. The average Bonchev–Trinajstić information content (AvgIpc) is 2.81. The van der Waals surface area contributed by atoms with Gasteiger partial charge in [0.1, 0.15) is 17.7 Å². The Kier molecular flexibility index (Phi) is 12.5. The van der Waals surface area contributed by atoms with Crippen LogP contribution < -0.4 is 10.6 Å². The fourth-order valence-electron chi connectivity index (χ4n) is 3.38. The molecule has 3 amide bonds. The quantitative estimate of drug-likeness (QED) is 0.293. The van der Waals surface area contributed by atoms with E-state index < -0.39 is 48.2 Å². The highest BCUT2D eigenvalue weighted by atomic mass is 16.6. The standard InChI is InChI=1S/C26H37N3O7/c1-7-16-29(24(33)20(17-30)28-25(34)36-26(4,5)6)22(19-13-11-10-12-18(19)8-2)23(32)27-15-14-21(31)35-9-3/h2,10-13,20,22,30H,7,9,14-17H2,1,3-6H3,(H,27,32)(H,28,34). The number of alkyl carbamates (subject to hydrolysis) is 1. The number of aliphatic hydroxyl groups excluding tert-OH is 1. The first kappa shape index (κ1) is 30.5. The number of aliphatic hydroxyl groups is 1. The van der Waals surface area contributed by atoms with E-state index in [-0.39, 0.29) is 26.1 Å². The number of nitrogens with zero attached hydrogens (tertiary/aromatic N) is 1. The van der Waals surface area contributed by atoms with Crippen LogP contribution in [0.5, 0.6) is 0 Å². The van der Waals surface area contributed by atoms with E-state index in [1.54, 1.807) is 52.0 Å². The molecule has 1 rings (SSSR count). The van der Waals surface area contributed by atoms with Gasteiger partial charge < -0.3 is 30.1 Å². The molecule has 0 aliphatic carbocycles. The maximum Gasteiger partial charge on any atom is 0.408 e. The van der Waals surface area contributed by atoms with Crippen LogP contribution in [-0.2, 0) is 23.9 Å². The molecule has 0 saturated heterocycles. The Morgan fingerprint density at radius 2 is 1.83 bits per heavy atom. The van der Waals surface area contributed by atoms with E-state index in [0.29, 0.717) is 17.5 Å². The smallest absolute Gasteiger partial charge is 0.408 e. The molecule has 0 heterocycles. The maximum atomic E-state index is 13.5. The molecule has 2 unspecified atom stereocenters. The van der Waals surface area contributed by atoms with Gasteiger partial charge in [-0.2, -0.15) is 0 Å². The Morgan fingerprint density at radius 3 is 2.39 bits per heavy atom. The molecule has 0 aromatic heterocycles. The number of carbonyl (C=O) groups excluding carboxylic acids is 4. The first-order valence-electron chi connectivity index (χ1n) is 11.9. The number of benzene rings is 1. The van der Waals surface area contributed by atoms with E-state index in [2.05, 4.69) is 16.6 Å². The summed E-state index contributed by atoms with van der Waals surface area (Å²) in [5.74, 6) is 0.794. The predicted octanol–water partition coefficient (Wildman–Crippen LogP) is 1.90. The van der Waals surface area contributed by atoms with Gasteiger partial charge in [0, 0.05) is 18.7 Å². The number of esters is 1. The summed E-state index contributed by atoms with van der Waals surface area (Å²) in [6.45, 7) is 8.11. The lowest BCUT2D eigenvalue weighted by Gasteiger charge is -2.34. The monoisotopic (exact) mass is 503 g/mol. The van der Waals surface area contributed by atoms with Gasteiger partial charge in [0.25, 0.3) is 0 Å². The normalized spacial score (nSPS) is 12.5. The fourth-order valence-corrected chi connectivity index (χ4v) is 3.38. The fraction of sp³-hybridized carbons (Fsp3) is 0.538. The van der Waals surface area contributed by atoms with E-state index in [1.165, 1.54) is 4.90 Å². The number of rotatable bonds is 12. The minimum atomic E-state index is -1.36. The van der Waals surface area contributed by atoms with Crippen molar-refractivity contribution < 1.29 is 33.8 Å². The molecule has 0 aliphatic rings. The molecule has 2 atom stereocenters. The number of terminal acetylenes is 1. The summed E-state index contributed by atoms with van der Waals surface area (Å²) in [4.78, 5) is 52.2. The molecule has 1 aromatic rings. The van der Waals surface area contributed by atoms with Crippen LogP contribution in [0.15, 0.2) is 24.3 Å². The lowest BCUT2D eigenvalue weighted by molar-refractivity contribution is -0.144. The van der Waals surface area contributed by atoms with Gasteiger partial charge in [-0.25, -0.2) is 4.79 Å². The van der Waals surface area contributed by atoms with Gasteiger partial charge in [-0.15, -0.1) is 6.42 Å². The highest BCUT2D eigenvalue weighted by Crippen LogP contribution is 2.26. The van der Waals surface area contributed by atoms with Crippen molar-refractivity contribution >= 4 is 23.9 Å². The summed E-state index contributed by atoms with van der Waals surface area (Å²) in [6.07, 6.45) is 5.20. The molecule has 3 N–H and O–H groups in total. The van der Waals surface area contributed by atoms with Crippen LogP contribution in [0.1, 0.15) is 64.6 Å². The molecule has 0 fully saturated rings. The average molecular weight is 504 g/mol. The van der Waals surface area contributed by atoms with Crippen LogP contribution in [0.25, 0.3) is 0 Å². The zero-order chi connectivity index (χ0) is 27.3. The second-order valence-electron chi connectivity index (χ2n) is 8.89. The van der Waals surface area contributed by atoms with Gasteiger partial charge in [0.05, 0.1) is 19.6 Å². The van der Waals surface area contributed by atoms with Crippen LogP contribution in [0.3, 0.4) is 0 Å². The molecule has 10 heteroatoms. The first-order chi connectivity index (χ1) is 17.0. The van der Waals surface area contributed by atoms with E-state index in [9.17, 15) is 24.3 Å². The van der Waals surface area contributed by atoms with Crippen LogP contribution in [0, 0.1) is 12.3 Å². The summed E-state index contributed by atoms with van der Waals surface area (Å²) in [7, 11) is 0. The van der Waals surface area contributed by atoms with Crippen LogP contribution in [-0.4, -0.2) is 71.8 Å². The molecular formula is C26H37N3O7. The highest BCUT2D eigenvalue weighted by Gasteiger charge is 2.36. The number of hydrogen-bond donors (Lipinski definition) is 3. The molecule has 10 nitrogen and oxygen atoms in total. The number of hydrogen-bond acceptors (Lipinski definition) is 7. The maximum absolute atomic E-state index is 13.5. The van der Waals surface area contributed by atoms with E-state index >= 15 is 0 Å². The molecule has 0 radical (unpaired) electrons. The molecule has 0 bridgehead atoms. The molecule has 36 heavy (non-hydrogen) atoms. The van der Waals surface area contributed by atoms with Crippen LogP contribution in [0.4, 0.5) is 4.79 Å². The molecule has 0 aliphatic heterocycles. The third-order valence-electron chi connectivity index (χ3n) is 4.82. The Labute approximate surface area is 212 Å². The van der Waals surface area contributed by atoms with Crippen molar-refractivity contribution in [1.29, 1.82) is 0 Å².